The van der Waals surface area contributed by atoms with Gasteiger partial charge in [0.15, 0.2) is 0 Å². The van der Waals surface area contributed by atoms with Crippen molar-refractivity contribution < 1.29 is 4.74 Å². The zero-order chi connectivity index (χ0) is 10.4. The highest BCUT2D eigenvalue weighted by molar-refractivity contribution is 5.82. The molecule has 0 bridgehead atoms. The van der Waals surface area contributed by atoms with Gasteiger partial charge in [0.25, 0.3) is 0 Å². The van der Waals surface area contributed by atoms with Gasteiger partial charge >= 0.3 is 0 Å². The number of amidine groups is 1. The molecule has 0 aliphatic rings. The van der Waals surface area contributed by atoms with E-state index in [1.54, 1.807) is 7.11 Å². The summed E-state index contributed by atoms with van der Waals surface area (Å²) in [6.07, 6.45) is 0.778. The minimum atomic E-state index is 0.632. The lowest BCUT2D eigenvalue weighted by molar-refractivity contribution is 0.185. The highest BCUT2D eigenvalue weighted by atomic mass is 16.5. The van der Waals surface area contributed by atoms with Crippen LogP contribution in [0.3, 0.4) is 0 Å². The number of hydrogen-bond donors (Lipinski definition) is 1. The minimum Gasteiger partial charge on any atom is -0.387 e. The predicted molar refractivity (Wildman–Crippen MR) is 58.7 cm³/mol. The fraction of sp³-hybridized carbons (Fsp3) is 0.364. The van der Waals surface area contributed by atoms with E-state index in [0.717, 1.165) is 17.7 Å². The quantitative estimate of drug-likeness (QED) is 0.587. The summed E-state index contributed by atoms with van der Waals surface area (Å²) in [5.74, 6) is 0.657. The topological polar surface area (TPSA) is 47.6 Å². The number of nitrogens with two attached hydrogens (primary N) is 1. The first-order chi connectivity index (χ1) is 6.76. The normalized spacial score (nSPS) is 11.7. The Kier molecular flexibility index (Phi) is 4.13. The number of aliphatic imine (C=N–C) groups is 1. The van der Waals surface area contributed by atoms with Crippen molar-refractivity contribution in [2.75, 3.05) is 7.11 Å². The van der Waals surface area contributed by atoms with E-state index >= 15 is 0 Å². The Morgan fingerprint density at radius 3 is 2.50 bits per heavy atom. The fourth-order valence-corrected chi connectivity index (χ4v) is 1.08. The van der Waals surface area contributed by atoms with Crippen LogP contribution in [0.1, 0.15) is 18.9 Å². The zero-order valence-electron chi connectivity index (χ0n) is 8.66. The number of nitrogens with zero attached hydrogens (tertiary/aromatic N) is 1. The molecule has 1 rings (SSSR count). The summed E-state index contributed by atoms with van der Waals surface area (Å²) in [6.45, 7) is 2.62. The van der Waals surface area contributed by atoms with Gasteiger partial charge in [0.1, 0.15) is 0 Å². The molecular weight excluding hydrogens is 176 g/mol. The van der Waals surface area contributed by atoms with Crippen LogP contribution < -0.4 is 5.73 Å². The van der Waals surface area contributed by atoms with Gasteiger partial charge in [-0.05, 0) is 17.7 Å². The van der Waals surface area contributed by atoms with E-state index in [-0.39, 0.29) is 0 Å². The second-order valence-electron chi connectivity index (χ2n) is 3.06. The first-order valence-corrected chi connectivity index (χ1v) is 4.67. The molecule has 0 unspecified atom stereocenters. The standard InChI is InChI=1S/C11H16N2O/c1-3-11(12)13-10-6-4-9(5-7-10)8-14-2/h4-7H,3,8H2,1-2H3,(H2,12,13). The van der Waals surface area contributed by atoms with Gasteiger partial charge in [-0.3, -0.25) is 0 Å². The average Bonchev–Trinajstić information content (AvgIpc) is 2.21. The zero-order valence-corrected chi connectivity index (χ0v) is 8.66. The number of rotatable bonds is 4. The molecule has 0 radical (unpaired) electrons. The third kappa shape index (κ3) is 3.18. The maximum Gasteiger partial charge on any atom is 0.0993 e. The summed E-state index contributed by atoms with van der Waals surface area (Å²) in [7, 11) is 1.68. The average molecular weight is 192 g/mol. The molecule has 0 aliphatic heterocycles. The maximum atomic E-state index is 5.63. The molecule has 2 N–H and O–H groups in total. The molecule has 0 saturated heterocycles. The van der Waals surface area contributed by atoms with Gasteiger partial charge in [0, 0.05) is 13.5 Å². The molecule has 0 saturated carbocycles. The van der Waals surface area contributed by atoms with Crippen LogP contribution in [0.25, 0.3) is 0 Å². The van der Waals surface area contributed by atoms with Crippen LogP contribution in [0.15, 0.2) is 29.3 Å². The van der Waals surface area contributed by atoms with Crippen molar-refractivity contribution in [1.82, 2.24) is 0 Å². The van der Waals surface area contributed by atoms with Crippen molar-refractivity contribution in [1.29, 1.82) is 0 Å². The molecule has 0 heterocycles. The highest BCUT2D eigenvalue weighted by Crippen LogP contribution is 2.13. The van der Waals surface area contributed by atoms with E-state index < -0.39 is 0 Å². The summed E-state index contributed by atoms with van der Waals surface area (Å²) in [5.41, 5.74) is 7.66. The summed E-state index contributed by atoms with van der Waals surface area (Å²) in [5, 5.41) is 0. The molecule has 0 aliphatic carbocycles. The first-order valence-electron chi connectivity index (χ1n) is 4.67. The minimum absolute atomic E-state index is 0.632. The fourth-order valence-electron chi connectivity index (χ4n) is 1.08. The van der Waals surface area contributed by atoms with Crippen LogP contribution in [-0.2, 0) is 11.3 Å². The van der Waals surface area contributed by atoms with Gasteiger partial charge in [-0.1, -0.05) is 19.1 Å². The van der Waals surface area contributed by atoms with Crippen molar-refractivity contribution in [2.24, 2.45) is 10.7 Å². The van der Waals surface area contributed by atoms with Crippen molar-refractivity contribution >= 4 is 11.5 Å². The molecule has 0 fully saturated rings. The third-order valence-corrected chi connectivity index (χ3v) is 1.88. The van der Waals surface area contributed by atoms with Crippen molar-refractivity contribution in [2.45, 2.75) is 20.0 Å². The summed E-state index contributed by atoms with van der Waals surface area (Å²) in [6, 6.07) is 7.87. The Labute approximate surface area is 84.6 Å². The van der Waals surface area contributed by atoms with Gasteiger partial charge in [0.05, 0.1) is 18.1 Å². The molecule has 0 atom stereocenters. The molecule has 1 aromatic carbocycles. The molecule has 76 valence electrons. The predicted octanol–water partition coefficient (Wildman–Crippen LogP) is 2.23. The lowest BCUT2D eigenvalue weighted by Crippen LogP contribution is -2.08. The summed E-state index contributed by atoms with van der Waals surface area (Å²) >= 11 is 0. The molecule has 1 aromatic rings. The lowest BCUT2D eigenvalue weighted by atomic mass is 10.2. The van der Waals surface area contributed by atoms with Crippen molar-refractivity contribution in [3.8, 4) is 0 Å². The smallest absolute Gasteiger partial charge is 0.0993 e. The van der Waals surface area contributed by atoms with E-state index in [1.807, 2.05) is 31.2 Å². The lowest BCUT2D eigenvalue weighted by Gasteiger charge is -2.00. The summed E-state index contributed by atoms with van der Waals surface area (Å²) in [4.78, 5) is 4.23. The van der Waals surface area contributed by atoms with Crippen LogP contribution in [0.2, 0.25) is 0 Å². The van der Waals surface area contributed by atoms with E-state index in [2.05, 4.69) is 4.99 Å². The molecule has 14 heavy (non-hydrogen) atoms. The number of ether oxygens (including phenoxy) is 1. The third-order valence-electron chi connectivity index (χ3n) is 1.88. The largest absolute Gasteiger partial charge is 0.387 e. The second-order valence-corrected chi connectivity index (χ2v) is 3.06. The number of hydrogen-bond acceptors (Lipinski definition) is 2. The van der Waals surface area contributed by atoms with E-state index in [4.69, 9.17) is 10.5 Å². The van der Waals surface area contributed by atoms with E-state index in [9.17, 15) is 0 Å². The van der Waals surface area contributed by atoms with Gasteiger partial charge in [-0.25, -0.2) is 4.99 Å². The van der Waals surface area contributed by atoms with Crippen molar-refractivity contribution in [3.63, 3.8) is 0 Å². The van der Waals surface area contributed by atoms with Crippen LogP contribution in [0.4, 0.5) is 5.69 Å². The molecule has 3 nitrogen and oxygen atoms in total. The second kappa shape index (κ2) is 5.40. The van der Waals surface area contributed by atoms with E-state index in [0.29, 0.717) is 12.4 Å². The highest BCUT2D eigenvalue weighted by Gasteiger charge is 1.93. The Bertz CT molecular complexity index is 304. The van der Waals surface area contributed by atoms with E-state index in [1.165, 1.54) is 0 Å². The Morgan fingerprint density at radius 1 is 1.36 bits per heavy atom. The Balaban J connectivity index is 2.73. The van der Waals surface area contributed by atoms with Crippen LogP contribution in [0, 0.1) is 0 Å². The first kappa shape index (κ1) is 10.7. The molecular formula is C11H16N2O. The van der Waals surface area contributed by atoms with Crippen molar-refractivity contribution in [3.05, 3.63) is 29.8 Å². The van der Waals surface area contributed by atoms with Crippen LogP contribution in [0.5, 0.6) is 0 Å². The number of methoxy groups -OCH3 is 1. The maximum absolute atomic E-state index is 5.63. The SMILES string of the molecule is CCC(N)=Nc1ccc(COC)cc1. The van der Waals surface area contributed by atoms with Crippen LogP contribution in [-0.4, -0.2) is 12.9 Å². The molecule has 0 amide bonds. The molecule has 0 spiro atoms. The Hall–Kier alpha value is -1.35. The van der Waals surface area contributed by atoms with Gasteiger partial charge < -0.3 is 10.5 Å². The van der Waals surface area contributed by atoms with Gasteiger partial charge in [-0.15, -0.1) is 0 Å². The molecule has 3 heteroatoms. The number of benzene rings is 1. The molecule has 0 aromatic heterocycles. The summed E-state index contributed by atoms with van der Waals surface area (Å²) < 4.78 is 5.01. The Morgan fingerprint density at radius 2 is 2.00 bits per heavy atom. The monoisotopic (exact) mass is 192 g/mol. The van der Waals surface area contributed by atoms with Gasteiger partial charge in [0.2, 0.25) is 0 Å². The van der Waals surface area contributed by atoms with Gasteiger partial charge in [-0.2, -0.15) is 0 Å². The van der Waals surface area contributed by atoms with Crippen LogP contribution >= 0.6 is 0 Å².